The molecule has 0 saturated heterocycles. The molecule has 2 aromatic carbocycles. The van der Waals surface area contributed by atoms with Gasteiger partial charge in [-0.05, 0) is 60.5 Å². The maximum atomic E-state index is 13.7. The average Bonchev–Trinajstić information content (AvgIpc) is 3.46. The van der Waals surface area contributed by atoms with Crippen molar-refractivity contribution in [2.24, 2.45) is 0 Å². The summed E-state index contributed by atoms with van der Waals surface area (Å²) in [6.45, 7) is 2.03. The number of aromatic nitrogens is 2. The molecule has 0 bridgehead atoms. The van der Waals surface area contributed by atoms with Crippen LogP contribution in [0, 0.1) is 0 Å². The Morgan fingerprint density at radius 1 is 0.689 bits per heavy atom. The second-order valence-electron chi connectivity index (χ2n) is 10.0. The zero-order valence-corrected chi connectivity index (χ0v) is 25.7. The van der Waals surface area contributed by atoms with E-state index >= 15 is 0 Å². The van der Waals surface area contributed by atoms with Gasteiger partial charge in [0.2, 0.25) is 18.1 Å². The first-order valence-corrected chi connectivity index (χ1v) is 14.1. The Morgan fingerprint density at radius 3 is 1.78 bits per heavy atom. The van der Waals surface area contributed by atoms with Gasteiger partial charge in [-0.3, -0.25) is 9.59 Å². The Bertz CT molecular complexity index is 1850. The van der Waals surface area contributed by atoms with E-state index in [0.29, 0.717) is 39.6 Å². The molecule has 0 unspecified atom stereocenters. The second-order valence-corrected chi connectivity index (χ2v) is 10.0. The van der Waals surface area contributed by atoms with Gasteiger partial charge in [0.15, 0.2) is 12.4 Å². The van der Waals surface area contributed by atoms with Gasteiger partial charge in [0, 0.05) is 41.6 Å². The van der Waals surface area contributed by atoms with Gasteiger partial charge in [-0.2, -0.15) is 4.57 Å². The molecule has 3 heterocycles. The number of hydrogen-bond donors (Lipinski definition) is 0. The Kier molecular flexibility index (Phi) is 9.13. The monoisotopic (exact) mass is 609 g/mol. The molecule has 230 valence electrons. The summed E-state index contributed by atoms with van der Waals surface area (Å²) in [4.78, 5) is 39.7. The van der Waals surface area contributed by atoms with E-state index in [1.165, 1.54) is 28.4 Å². The summed E-state index contributed by atoms with van der Waals surface area (Å²) < 4.78 is 30.0. The number of rotatable bonds is 12. The van der Waals surface area contributed by atoms with Gasteiger partial charge in [-0.25, -0.2) is 4.79 Å². The Balaban J connectivity index is 1.47. The lowest BCUT2D eigenvalue weighted by Gasteiger charge is -2.09. The van der Waals surface area contributed by atoms with Crippen molar-refractivity contribution < 1.29 is 42.6 Å². The van der Waals surface area contributed by atoms with Gasteiger partial charge in [0.05, 0.1) is 51.8 Å². The third-order valence-corrected chi connectivity index (χ3v) is 7.34. The molecule has 0 amide bonds. The van der Waals surface area contributed by atoms with Crippen molar-refractivity contribution in [2.45, 2.75) is 13.5 Å². The fourth-order valence-electron chi connectivity index (χ4n) is 4.99. The molecule has 0 fully saturated rings. The van der Waals surface area contributed by atoms with E-state index < -0.39 is 5.97 Å². The normalized spacial score (nSPS) is 10.8. The van der Waals surface area contributed by atoms with Crippen molar-refractivity contribution in [1.82, 2.24) is 4.40 Å². The van der Waals surface area contributed by atoms with E-state index in [2.05, 4.69) is 0 Å². The number of carbonyl (C=O) groups excluding carboxylic acids is 3. The van der Waals surface area contributed by atoms with E-state index in [-0.39, 0.29) is 36.0 Å². The summed E-state index contributed by atoms with van der Waals surface area (Å²) in [6, 6.07) is 19.0. The highest BCUT2D eigenvalue weighted by atomic mass is 16.5. The largest absolute Gasteiger partial charge is 0.497 e. The van der Waals surface area contributed by atoms with Crippen LogP contribution in [0.15, 0.2) is 85.3 Å². The van der Waals surface area contributed by atoms with Crippen molar-refractivity contribution in [3.63, 3.8) is 0 Å². The number of methoxy groups -OCH3 is 4. The molecule has 0 atom stereocenters. The van der Waals surface area contributed by atoms with Crippen LogP contribution in [0.5, 0.6) is 23.0 Å². The molecule has 10 nitrogen and oxygen atoms in total. The zero-order valence-electron chi connectivity index (χ0n) is 25.7. The summed E-state index contributed by atoms with van der Waals surface area (Å²) in [5.41, 5.74) is 3.55. The van der Waals surface area contributed by atoms with Gasteiger partial charge in [0.25, 0.3) is 0 Å². The van der Waals surface area contributed by atoms with Crippen LogP contribution in [0.3, 0.4) is 0 Å². The fourth-order valence-corrected chi connectivity index (χ4v) is 4.99. The molecule has 5 rings (SSSR count). The highest BCUT2D eigenvalue weighted by Gasteiger charge is 2.23. The molecule has 0 N–H and O–H groups in total. The van der Waals surface area contributed by atoms with E-state index in [1.807, 2.05) is 36.7 Å². The second kappa shape index (κ2) is 13.3. The number of nitrogens with zero attached hydrogens (tertiary/aromatic N) is 2. The van der Waals surface area contributed by atoms with E-state index in [4.69, 9.17) is 23.7 Å². The third kappa shape index (κ3) is 6.50. The first-order chi connectivity index (χ1) is 21.8. The van der Waals surface area contributed by atoms with Gasteiger partial charge < -0.3 is 28.1 Å². The molecule has 3 aromatic heterocycles. The lowest BCUT2D eigenvalue weighted by Crippen LogP contribution is -2.37. The van der Waals surface area contributed by atoms with Crippen LogP contribution < -0.4 is 23.5 Å². The van der Waals surface area contributed by atoms with E-state index in [9.17, 15) is 14.4 Å². The SMILES string of the molecule is CCOC(=O)c1cc(C(=O)c2cc(OC)cc(OC)c2)n2ccc(-c3cc[n+](CC(=O)c4cc(OC)cc(OC)c4)cc3)cc12. The summed E-state index contributed by atoms with van der Waals surface area (Å²) >= 11 is 0. The fraction of sp³-hybridized carbons (Fsp3) is 0.200. The van der Waals surface area contributed by atoms with Crippen molar-refractivity contribution in [1.29, 1.82) is 0 Å². The van der Waals surface area contributed by atoms with Gasteiger partial charge in [-0.1, -0.05) is 0 Å². The van der Waals surface area contributed by atoms with Crippen molar-refractivity contribution in [3.05, 3.63) is 108 Å². The Hall–Kier alpha value is -5.64. The molecular formula is C35H33N2O8+. The van der Waals surface area contributed by atoms with Crippen LogP contribution in [0.25, 0.3) is 16.6 Å². The van der Waals surface area contributed by atoms with Crippen LogP contribution in [-0.2, 0) is 11.3 Å². The minimum absolute atomic E-state index is 0.107. The smallest absolute Gasteiger partial charge is 0.340 e. The summed E-state index contributed by atoms with van der Waals surface area (Å²) in [7, 11) is 6.09. The van der Waals surface area contributed by atoms with Gasteiger partial charge in [0.1, 0.15) is 23.0 Å². The standard InChI is InChI=1S/C35H33N2O8/c1-6-45-35(40)30-20-32(34(39)25-15-28(43-4)19-29(16-25)44-5)37-12-9-23(17-31(30)37)22-7-10-36(11-8-22)21-33(38)24-13-26(41-2)18-27(14-24)42-3/h7-20H,6,21H2,1-5H3/q+1. The van der Waals surface area contributed by atoms with E-state index in [0.717, 1.165) is 11.1 Å². The summed E-state index contributed by atoms with van der Waals surface area (Å²) in [6.07, 6.45) is 5.37. The molecule has 0 aliphatic carbocycles. The highest BCUT2D eigenvalue weighted by Crippen LogP contribution is 2.29. The Labute approximate surface area is 260 Å². The van der Waals surface area contributed by atoms with Crippen LogP contribution in [-0.4, -0.2) is 57.0 Å². The topological polar surface area (TPSA) is 106 Å². The summed E-state index contributed by atoms with van der Waals surface area (Å²) in [5, 5.41) is 0. The number of ketones is 2. The molecule has 0 spiro atoms. The van der Waals surface area contributed by atoms with Crippen LogP contribution in [0.4, 0.5) is 0 Å². The average molecular weight is 610 g/mol. The molecule has 0 aliphatic heterocycles. The number of carbonyl (C=O) groups is 3. The number of Topliss-reactive ketones (excluding diaryl/α,β-unsaturated/α-hetero) is 1. The minimum Gasteiger partial charge on any atom is -0.497 e. The molecular weight excluding hydrogens is 576 g/mol. The van der Waals surface area contributed by atoms with E-state index in [1.54, 1.807) is 64.6 Å². The first kappa shape index (κ1) is 30.8. The molecule has 0 radical (unpaired) electrons. The lowest BCUT2D eigenvalue weighted by molar-refractivity contribution is -0.683. The highest BCUT2D eigenvalue weighted by molar-refractivity contribution is 6.12. The number of fused-ring (bicyclic) bond motifs is 1. The molecule has 10 heteroatoms. The number of esters is 1. The maximum absolute atomic E-state index is 13.7. The maximum Gasteiger partial charge on any atom is 0.340 e. The molecule has 0 saturated carbocycles. The lowest BCUT2D eigenvalue weighted by atomic mass is 10.1. The van der Waals surface area contributed by atoms with Crippen molar-refractivity contribution in [3.8, 4) is 34.1 Å². The zero-order chi connectivity index (χ0) is 32.1. The van der Waals surface area contributed by atoms with Crippen LogP contribution in [0.1, 0.15) is 43.7 Å². The third-order valence-electron chi connectivity index (χ3n) is 7.34. The molecule has 45 heavy (non-hydrogen) atoms. The number of pyridine rings is 2. The van der Waals surface area contributed by atoms with Crippen molar-refractivity contribution in [2.75, 3.05) is 35.0 Å². The summed E-state index contributed by atoms with van der Waals surface area (Å²) in [5.74, 6) is 1.06. The van der Waals surface area contributed by atoms with Crippen molar-refractivity contribution >= 4 is 23.1 Å². The number of hydrogen-bond acceptors (Lipinski definition) is 8. The minimum atomic E-state index is -0.534. The number of benzene rings is 2. The first-order valence-electron chi connectivity index (χ1n) is 14.1. The number of ether oxygens (including phenoxy) is 5. The van der Waals surface area contributed by atoms with Gasteiger partial charge >= 0.3 is 5.97 Å². The quantitative estimate of drug-likeness (QED) is 0.108. The Morgan fingerprint density at radius 2 is 1.24 bits per heavy atom. The van der Waals surface area contributed by atoms with Gasteiger partial charge in [-0.15, -0.1) is 0 Å². The molecule has 0 aliphatic rings. The van der Waals surface area contributed by atoms with Crippen LogP contribution in [0.2, 0.25) is 0 Å². The molecule has 5 aromatic rings. The predicted octanol–water partition coefficient (Wildman–Crippen LogP) is 5.22. The van der Waals surface area contributed by atoms with Crippen LogP contribution >= 0.6 is 0 Å². The predicted molar refractivity (Wildman–Crippen MR) is 166 cm³/mol.